The number of carbonyl (C=O) groups is 1. The number of nitrogens with zero attached hydrogens (tertiary/aromatic N) is 1. The molecule has 0 bridgehead atoms. The van der Waals surface area contributed by atoms with Gasteiger partial charge in [-0.25, -0.2) is 0 Å². The molecule has 1 aromatic carbocycles. The number of benzene rings is 1. The molecule has 1 unspecified atom stereocenters. The number of allylic oxidation sites excluding steroid dienone is 2. The molecule has 1 heterocycles. The Bertz CT molecular complexity index is 535. The van der Waals surface area contributed by atoms with E-state index in [9.17, 15) is 4.79 Å². The SMILES string of the molecule is O=C1C=C(N2CCNCC2)CC(c2ccccc2Cl)C1. The maximum absolute atomic E-state index is 12.0. The molecule has 0 spiro atoms. The average molecular weight is 291 g/mol. The summed E-state index contributed by atoms with van der Waals surface area (Å²) in [6.45, 7) is 3.94. The fraction of sp³-hybridized carbons (Fsp3) is 0.438. The van der Waals surface area contributed by atoms with Crippen LogP contribution in [-0.2, 0) is 4.79 Å². The Labute approximate surface area is 124 Å². The number of carbonyl (C=O) groups excluding carboxylic acids is 1. The highest BCUT2D eigenvalue weighted by atomic mass is 35.5. The summed E-state index contributed by atoms with van der Waals surface area (Å²) in [6, 6.07) is 7.88. The molecule has 2 aliphatic rings. The lowest BCUT2D eigenvalue weighted by Gasteiger charge is -2.35. The van der Waals surface area contributed by atoms with E-state index in [1.54, 1.807) is 0 Å². The molecule has 0 aromatic heterocycles. The summed E-state index contributed by atoms with van der Waals surface area (Å²) < 4.78 is 0. The first-order valence-electron chi connectivity index (χ1n) is 7.17. The normalized spacial score (nSPS) is 23.6. The molecule has 1 atom stereocenters. The number of piperazine rings is 1. The monoisotopic (exact) mass is 290 g/mol. The molecule has 4 heteroatoms. The van der Waals surface area contributed by atoms with Crippen LogP contribution >= 0.6 is 11.6 Å². The molecular weight excluding hydrogens is 272 g/mol. The van der Waals surface area contributed by atoms with Gasteiger partial charge in [-0.05, 0) is 24.0 Å². The Morgan fingerprint density at radius 3 is 2.65 bits per heavy atom. The van der Waals surface area contributed by atoms with E-state index >= 15 is 0 Å². The van der Waals surface area contributed by atoms with Crippen LogP contribution in [0.25, 0.3) is 0 Å². The minimum Gasteiger partial charge on any atom is -0.372 e. The van der Waals surface area contributed by atoms with Crippen LogP contribution in [-0.4, -0.2) is 36.9 Å². The second kappa shape index (κ2) is 5.98. The van der Waals surface area contributed by atoms with Crippen LogP contribution in [0.5, 0.6) is 0 Å². The molecule has 3 rings (SSSR count). The van der Waals surface area contributed by atoms with Gasteiger partial charge in [0.1, 0.15) is 0 Å². The van der Waals surface area contributed by atoms with E-state index in [2.05, 4.69) is 10.2 Å². The summed E-state index contributed by atoms with van der Waals surface area (Å²) in [5.41, 5.74) is 2.27. The summed E-state index contributed by atoms with van der Waals surface area (Å²) in [7, 11) is 0. The van der Waals surface area contributed by atoms with E-state index in [1.165, 1.54) is 5.70 Å². The summed E-state index contributed by atoms with van der Waals surface area (Å²) in [5.74, 6) is 0.431. The number of halogens is 1. The van der Waals surface area contributed by atoms with E-state index in [0.29, 0.717) is 6.42 Å². The van der Waals surface area contributed by atoms with Gasteiger partial charge in [-0.3, -0.25) is 4.79 Å². The minimum atomic E-state index is 0.214. The van der Waals surface area contributed by atoms with Crippen LogP contribution in [0.3, 0.4) is 0 Å². The van der Waals surface area contributed by atoms with Crippen molar-refractivity contribution in [1.29, 1.82) is 0 Å². The first-order valence-corrected chi connectivity index (χ1v) is 7.55. The highest BCUT2D eigenvalue weighted by Crippen LogP contribution is 2.36. The number of nitrogens with one attached hydrogen (secondary N) is 1. The van der Waals surface area contributed by atoms with Gasteiger partial charge in [0.15, 0.2) is 5.78 Å². The maximum Gasteiger partial charge on any atom is 0.158 e. The smallest absolute Gasteiger partial charge is 0.158 e. The van der Waals surface area contributed by atoms with Crippen molar-refractivity contribution in [3.63, 3.8) is 0 Å². The number of hydrogen-bond donors (Lipinski definition) is 1. The molecule has 0 radical (unpaired) electrons. The largest absolute Gasteiger partial charge is 0.372 e. The molecule has 106 valence electrons. The lowest BCUT2D eigenvalue weighted by atomic mass is 9.85. The summed E-state index contributed by atoms with van der Waals surface area (Å²) in [6.07, 6.45) is 3.31. The molecule has 1 fully saturated rings. The van der Waals surface area contributed by atoms with Crippen molar-refractivity contribution < 1.29 is 4.79 Å². The zero-order chi connectivity index (χ0) is 13.9. The summed E-state index contributed by atoms with van der Waals surface area (Å²) in [4.78, 5) is 14.4. The highest BCUT2D eigenvalue weighted by molar-refractivity contribution is 6.31. The third kappa shape index (κ3) is 2.89. The molecule has 1 saturated heterocycles. The molecule has 20 heavy (non-hydrogen) atoms. The van der Waals surface area contributed by atoms with Gasteiger partial charge in [0.05, 0.1) is 0 Å². The number of rotatable bonds is 2. The van der Waals surface area contributed by atoms with E-state index in [4.69, 9.17) is 11.6 Å². The number of ketones is 1. The van der Waals surface area contributed by atoms with E-state index < -0.39 is 0 Å². The molecule has 1 aliphatic carbocycles. The van der Waals surface area contributed by atoms with Crippen molar-refractivity contribution in [2.75, 3.05) is 26.2 Å². The van der Waals surface area contributed by atoms with Gasteiger partial charge in [0.25, 0.3) is 0 Å². The van der Waals surface area contributed by atoms with Gasteiger partial charge in [-0.1, -0.05) is 29.8 Å². The highest BCUT2D eigenvalue weighted by Gasteiger charge is 2.26. The average Bonchev–Trinajstić information content (AvgIpc) is 2.48. The quantitative estimate of drug-likeness (QED) is 0.909. The molecule has 0 amide bonds. The van der Waals surface area contributed by atoms with Gasteiger partial charge >= 0.3 is 0 Å². The Kier molecular flexibility index (Phi) is 4.08. The molecule has 1 N–H and O–H groups in total. The lowest BCUT2D eigenvalue weighted by Crippen LogP contribution is -2.43. The molecule has 3 nitrogen and oxygen atoms in total. The lowest BCUT2D eigenvalue weighted by molar-refractivity contribution is -0.115. The van der Waals surface area contributed by atoms with Crippen molar-refractivity contribution in [2.24, 2.45) is 0 Å². The van der Waals surface area contributed by atoms with Crippen molar-refractivity contribution in [1.82, 2.24) is 10.2 Å². The fourth-order valence-corrected chi connectivity index (χ4v) is 3.36. The van der Waals surface area contributed by atoms with Crippen LogP contribution < -0.4 is 5.32 Å². The van der Waals surface area contributed by atoms with Crippen molar-refractivity contribution in [3.05, 3.63) is 46.6 Å². The maximum atomic E-state index is 12.0. The zero-order valence-electron chi connectivity index (χ0n) is 11.4. The van der Waals surface area contributed by atoms with Crippen LogP contribution in [0.1, 0.15) is 24.3 Å². The van der Waals surface area contributed by atoms with E-state index in [0.717, 1.165) is 43.2 Å². The van der Waals surface area contributed by atoms with Gasteiger partial charge < -0.3 is 10.2 Å². The van der Waals surface area contributed by atoms with Gasteiger partial charge in [-0.15, -0.1) is 0 Å². The second-order valence-corrected chi connectivity index (χ2v) is 5.87. The van der Waals surface area contributed by atoms with Crippen LogP contribution in [0.4, 0.5) is 0 Å². The van der Waals surface area contributed by atoms with Crippen LogP contribution in [0.2, 0.25) is 5.02 Å². The van der Waals surface area contributed by atoms with Crippen molar-refractivity contribution in [3.8, 4) is 0 Å². The van der Waals surface area contributed by atoms with Gasteiger partial charge in [0.2, 0.25) is 0 Å². The van der Waals surface area contributed by atoms with Gasteiger partial charge in [-0.2, -0.15) is 0 Å². The van der Waals surface area contributed by atoms with E-state index in [1.807, 2.05) is 30.3 Å². The molecule has 0 saturated carbocycles. The topological polar surface area (TPSA) is 32.3 Å². The van der Waals surface area contributed by atoms with Crippen LogP contribution in [0.15, 0.2) is 36.0 Å². The molecular formula is C16H19ClN2O. The Morgan fingerprint density at radius 1 is 1.15 bits per heavy atom. The molecule has 1 aliphatic heterocycles. The van der Waals surface area contributed by atoms with Crippen molar-refractivity contribution in [2.45, 2.75) is 18.8 Å². The molecule has 1 aromatic rings. The standard InChI is InChI=1S/C16H19ClN2O/c17-16-4-2-1-3-15(16)12-9-13(11-14(20)10-12)19-7-5-18-6-8-19/h1-4,11-12,18H,5-10H2. The Balaban J connectivity index is 1.81. The number of hydrogen-bond acceptors (Lipinski definition) is 3. The first-order chi connectivity index (χ1) is 9.74. The Hall–Kier alpha value is -1.32. The predicted octanol–water partition coefficient (Wildman–Crippen LogP) is 2.58. The van der Waals surface area contributed by atoms with Gasteiger partial charge in [0, 0.05) is 49.4 Å². The van der Waals surface area contributed by atoms with Crippen molar-refractivity contribution >= 4 is 17.4 Å². The summed E-state index contributed by atoms with van der Waals surface area (Å²) in [5, 5.41) is 4.11. The van der Waals surface area contributed by atoms with Crippen LogP contribution in [0, 0.1) is 0 Å². The third-order valence-electron chi connectivity index (χ3n) is 4.10. The van der Waals surface area contributed by atoms with E-state index in [-0.39, 0.29) is 11.7 Å². The third-order valence-corrected chi connectivity index (χ3v) is 4.44. The minimum absolute atomic E-state index is 0.214. The summed E-state index contributed by atoms with van der Waals surface area (Å²) >= 11 is 6.28. The fourth-order valence-electron chi connectivity index (χ4n) is 3.07. The Morgan fingerprint density at radius 2 is 1.90 bits per heavy atom. The second-order valence-electron chi connectivity index (χ2n) is 5.47. The first kappa shape index (κ1) is 13.7. The predicted molar refractivity (Wildman–Crippen MR) is 81.0 cm³/mol. The zero-order valence-corrected chi connectivity index (χ0v) is 12.2.